The van der Waals surface area contributed by atoms with Crippen LogP contribution in [0.2, 0.25) is 0 Å². The molecule has 1 aromatic carbocycles. The first-order valence-corrected chi connectivity index (χ1v) is 8.89. The highest BCUT2D eigenvalue weighted by atomic mass is 32.2. The molecular formula is C17H22N4OS. The molecule has 0 saturated heterocycles. The van der Waals surface area contributed by atoms with E-state index >= 15 is 0 Å². The summed E-state index contributed by atoms with van der Waals surface area (Å²) in [7, 11) is 0. The number of amides is 1. The lowest BCUT2D eigenvalue weighted by Crippen LogP contribution is -2.42. The zero-order valence-corrected chi connectivity index (χ0v) is 14.1. The second-order valence-corrected chi connectivity index (χ2v) is 7.02. The van der Waals surface area contributed by atoms with E-state index in [9.17, 15) is 4.79 Å². The van der Waals surface area contributed by atoms with Crippen LogP contribution in [0.1, 0.15) is 19.0 Å². The minimum absolute atomic E-state index is 0.0704. The zero-order valence-electron chi connectivity index (χ0n) is 13.3. The maximum absolute atomic E-state index is 12.3. The van der Waals surface area contributed by atoms with Gasteiger partial charge in [-0.2, -0.15) is 0 Å². The van der Waals surface area contributed by atoms with Crippen molar-refractivity contribution in [2.45, 2.75) is 29.9 Å². The fraction of sp³-hybridized carbons (Fsp3) is 0.412. The van der Waals surface area contributed by atoms with Gasteiger partial charge in [-0.3, -0.25) is 4.79 Å². The summed E-state index contributed by atoms with van der Waals surface area (Å²) in [4.78, 5) is 22.8. The molecule has 1 aliphatic rings. The van der Waals surface area contributed by atoms with Crippen LogP contribution in [0.5, 0.6) is 0 Å². The molecule has 5 nitrogen and oxygen atoms in total. The zero-order chi connectivity index (χ0) is 16.1. The van der Waals surface area contributed by atoms with Gasteiger partial charge in [0.15, 0.2) is 0 Å². The number of carbonyl (C=O) groups is 1. The van der Waals surface area contributed by atoms with Crippen LogP contribution in [0.15, 0.2) is 41.7 Å². The largest absolute Gasteiger partial charge is 0.360 e. The molecule has 6 heteroatoms. The van der Waals surface area contributed by atoms with E-state index < -0.39 is 0 Å². The van der Waals surface area contributed by atoms with Gasteiger partial charge in [-0.05, 0) is 18.6 Å². The summed E-state index contributed by atoms with van der Waals surface area (Å²) >= 11 is 1.92. The van der Waals surface area contributed by atoms with Gasteiger partial charge in [0.2, 0.25) is 5.91 Å². The molecule has 1 amide bonds. The molecule has 0 bridgehead atoms. The predicted molar refractivity (Wildman–Crippen MR) is 93.9 cm³/mol. The molecule has 0 saturated carbocycles. The third kappa shape index (κ3) is 4.07. The highest BCUT2D eigenvalue weighted by Crippen LogP contribution is 2.39. The van der Waals surface area contributed by atoms with Gasteiger partial charge in [0.25, 0.3) is 0 Å². The molecule has 1 atom stereocenters. The van der Waals surface area contributed by atoms with E-state index in [2.05, 4.69) is 45.3 Å². The quantitative estimate of drug-likeness (QED) is 0.854. The number of imidazole rings is 1. The van der Waals surface area contributed by atoms with Crippen LogP contribution in [0.3, 0.4) is 0 Å². The SMILES string of the molecule is CCC1CN(CC(=O)NCCc2cnc[nH]2)c2ccccc2S1. The molecule has 2 N–H and O–H groups in total. The van der Waals surface area contributed by atoms with Crippen LogP contribution >= 0.6 is 11.8 Å². The number of aromatic nitrogens is 2. The summed E-state index contributed by atoms with van der Waals surface area (Å²) < 4.78 is 0. The van der Waals surface area contributed by atoms with Gasteiger partial charge in [-0.25, -0.2) is 4.98 Å². The Bertz CT molecular complexity index is 644. The number of H-pyrrole nitrogens is 1. The average Bonchev–Trinajstić information content (AvgIpc) is 3.08. The lowest BCUT2D eigenvalue weighted by Gasteiger charge is -2.34. The average molecular weight is 330 g/mol. The Morgan fingerprint density at radius 2 is 2.35 bits per heavy atom. The Hall–Kier alpha value is -1.95. The van der Waals surface area contributed by atoms with E-state index in [0.717, 1.165) is 25.1 Å². The van der Waals surface area contributed by atoms with Gasteiger partial charge in [0, 0.05) is 41.5 Å². The van der Waals surface area contributed by atoms with E-state index in [4.69, 9.17) is 0 Å². The van der Waals surface area contributed by atoms with Gasteiger partial charge in [0.1, 0.15) is 0 Å². The number of hydrogen-bond donors (Lipinski definition) is 2. The molecule has 0 spiro atoms. The van der Waals surface area contributed by atoms with E-state index in [0.29, 0.717) is 18.3 Å². The number of para-hydroxylation sites is 1. The predicted octanol–water partition coefficient (Wildman–Crippen LogP) is 2.46. The number of nitrogens with zero attached hydrogens (tertiary/aromatic N) is 2. The number of carbonyl (C=O) groups excluding carboxylic acids is 1. The smallest absolute Gasteiger partial charge is 0.239 e. The Kier molecular flexibility index (Phi) is 5.23. The van der Waals surface area contributed by atoms with Crippen molar-refractivity contribution in [3.8, 4) is 0 Å². The lowest BCUT2D eigenvalue weighted by atomic mass is 10.2. The first kappa shape index (κ1) is 15.9. The molecule has 3 rings (SSSR count). The number of aromatic amines is 1. The molecule has 1 aromatic heterocycles. The Labute approximate surface area is 140 Å². The van der Waals surface area contributed by atoms with Crippen LogP contribution < -0.4 is 10.2 Å². The van der Waals surface area contributed by atoms with E-state index in [1.807, 2.05) is 17.8 Å². The molecule has 23 heavy (non-hydrogen) atoms. The van der Waals surface area contributed by atoms with Crippen LogP contribution in [0.25, 0.3) is 0 Å². The molecule has 0 radical (unpaired) electrons. The number of nitrogens with one attached hydrogen (secondary N) is 2. The van der Waals surface area contributed by atoms with Crippen LogP contribution in [-0.2, 0) is 11.2 Å². The Balaban J connectivity index is 1.57. The van der Waals surface area contributed by atoms with Gasteiger partial charge in [-0.1, -0.05) is 19.1 Å². The maximum Gasteiger partial charge on any atom is 0.239 e. The minimum Gasteiger partial charge on any atom is -0.360 e. The maximum atomic E-state index is 12.3. The number of thioether (sulfide) groups is 1. The fourth-order valence-electron chi connectivity index (χ4n) is 2.73. The number of benzene rings is 1. The van der Waals surface area contributed by atoms with Crippen molar-refractivity contribution in [2.24, 2.45) is 0 Å². The van der Waals surface area contributed by atoms with Crippen molar-refractivity contribution in [3.63, 3.8) is 0 Å². The van der Waals surface area contributed by atoms with Crippen molar-refractivity contribution in [1.29, 1.82) is 0 Å². The molecular weight excluding hydrogens is 308 g/mol. The summed E-state index contributed by atoms with van der Waals surface area (Å²) in [6.07, 6.45) is 5.33. The summed E-state index contributed by atoms with van der Waals surface area (Å²) in [6.45, 7) is 4.17. The number of rotatable bonds is 6. The van der Waals surface area contributed by atoms with Crippen LogP contribution in [-0.4, -0.2) is 40.8 Å². The van der Waals surface area contributed by atoms with Crippen molar-refractivity contribution < 1.29 is 4.79 Å². The lowest BCUT2D eigenvalue weighted by molar-refractivity contribution is -0.119. The molecule has 2 heterocycles. The molecule has 1 unspecified atom stereocenters. The summed E-state index contributed by atoms with van der Waals surface area (Å²) in [5.74, 6) is 0.0704. The van der Waals surface area contributed by atoms with Gasteiger partial charge in [-0.15, -0.1) is 11.8 Å². The third-order valence-corrected chi connectivity index (χ3v) is 5.40. The second kappa shape index (κ2) is 7.55. The second-order valence-electron chi connectivity index (χ2n) is 5.67. The molecule has 0 aliphatic carbocycles. The molecule has 122 valence electrons. The van der Waals surface area contributed by atoms with E-state index in [1.165, 1.54) is 10.6 Å². The standard InChI is InChI=1S/C17H22N4OS/c1-2-14-10-21(15-5-3-4-6-16(15)23-14)11-17(22)19-8-7-13-9-18-12-20-13/h3-6,9,12,14H,2,7-8,10-11H2,1H3,(H,18,20)(H,19,22). The van der Waals surface area contributed by atoms with Crippen molar-refractivity contribution >= 4 is 23.4 Å². The van der Waals surface area contributed by atoms with E-state index in [1.54, 1.807) is 12.5 Å². The summed E-state index contributed by atoms with van der Waals surface area (Å²) in [6, 6.07) is 8.35. The van der Waals surface area contributed by atoms with Crippen molar-refractivity contribution in [1.82, 2.24) is 15.3 Å². The molecule has 2 aromatic rings. The molecule has 1 aliphatic heterocycles. The summed E-state index contributed by atoms with van der Waals surface area (Å²) in [5, 5.41) is 3.54. The summed E-state index contributed by atoms with van der Waals surface area (Å²) in [5.41, 5.74) is 2.21. The first-order chi connectivity index (χ1) is 11.3. The van der Waals surface area contributed by atoms with Gasteiger partial charge < -0.3 is 15.2 Å². The number of fused-ring (bicyclic) bond motifs is 1. The minimum atomic E-state index is 0.0704. The number of hydrogen-bond acceptors (Lipinski definition) is 4. The third-order valence-electron chi connectivity index (χ3n) is 3.98. The van der Waals surface area contributed by atoms with Crippen LogP contribution in [0.4, 0.5) is 5.69 Å². The van der Waals surface area contributed by atoms with Crippen molar-refractivity contribution in [2.75, 3.05) is 24.5 Å². The first-order valence-electron chi connectivity index (χ1n) is 8.01. The Morgan fingerprint density at radius 1 is 1.48 bits per heavy atom. The van der Waals surface area contributed by atoms with E-state index in [-0.39, 0.29) is 5.91 Å². The topological polar surface area (TPSA) is 61.0 Å². The highest BCUT2D eigenvalue weighted by Gasteiger charge is 2.24. The van der Waals surface area contributed by atoms with Crippen LogP contribution in [0, 0.1) is 0 Å². The Morgan fingerprint density at radius 3 is 3.13 bits per heavy atom. The number of anilines is 1. The highest BCUT2D eigenvalue weighted by molar-refractivity contribution is 8.00. The molecule has 0 fully saturated rings. The monoisotopic (exact) mass is 330 g/mol. The fourth-order valence-corrected chi connectivity index (χ4v) is 3.98. The normalized spacial score (nSPS) is 16.9. The van der Waals surface area contributed by atoms with Crippen molar-refractivity contribution in [3.05, 3.63) is 42.5 Å². The van der Waals surface area contributed by atoms with Gasteiger partial charge in [0.05, 0.1) is 18.6 Å². The van der Waals surface area contributed by atoms with Gasteiger partial charge >= 0.3 is 0 Å².